The summed E-state index contributed by atoms with van der Waals surface area (Å²) in [6.07, 6.45) is -0.998. The molecule has 0 amide bonds. The van der Waals surface area contributed by atoms with Crippen molar-refractivity contribution in [1.29, 1.82) is 0 Å². The SMILES string of the molecule is NC(CC(F)N1CCC(C(=O)O)(c2ccc(Cl)cc2)CC1)C(=O)c1ccccc1. The Labute approximate surface area is 174 Å². The molecule has 154 valence electrons. The molecule has 0 radical (unpaired) electrons. The minimum atomic E-state index is -1.41. The molecule has 1 aliphatic heterocycles. The fourth-order valence-corrected chi connectivity index (χ4v) is 3.99. The number of nitrogens with zero attached hydrogens (tertiary/aromatic N) is 1. The van der Waals surface area contributed by atoms with Crippen LogP contribution >= 0.6 is 11.6 Å². The highest BCUT2D eigenvalue weighted by Gasteiger charge is 2.44. The van der Waals surface area contributed by atoms with Gasteiger partial charge in [-0.2, -0.15) is 0 Å². The first kappa shape index (κ1) is 21.4. The molecule has 3 rings (SSSR count). The Kier molecular flexibility index (Phi) is 6.67. The monoisotopic (exact) mass is 418 g/mol. The van der Waals surface area contributed by atoms with Crippen LogP contribution in [0.4, 0.5) is 4.39 Å². The predicted molar refractivity (Wildman–Crippen MR) is 110 cm³/mol. The zero-order valence-electron chi connectivity index (χ0n) is 15.9. The van der Waals surface area contributed by atoms with Crippen molar-refractivity contribution in [1.82, 2.24) is 4.90 Å². The largest absolute Gasteiger partial charge is 0.481 e. The second-order valence-electron chi connectivity index (χ2n) is 7.44. The van der Waals surface area contributed by atoms with E-state index in [-0.39, 0.29) is 38.1 Å². The number of rotatable bonds is 7. The van der Waals surface area contributed by atoms with E-state index >= 15 is 0 Å². The first-order valence-corrected chi connectivity index (χ1v) is 9.94. The summed E-state index contributed by atoms with van der Waals surface area (Å²) in [5.41, 5.74) is 6.00. The average molecular weight is 419 g/mol. The molecular formula is C22H24ClFN2O3. The Hall–Kier alpha value is -2.28. The van der Waals surface area contributed by atoms with Crippen LogP contribution in [0.25, 0.3) is 0 Å². The number of piperidine rings is 1. The lowest BCUT2D eigenvalue weighted by Crippen LogP contribution is -2.50. The number of carbonyl (C=O) groups is 2. The van der Waals surface area contributed by atoms with E-state index in [1.165, 1.54) is 0 Å². The summed E-state index contributed by atoms with van der Waals surface area (Å²) in [5, 5.41) is 10.4. The molecule has 2 atom stereocenters. The van der Waals surface area contributed by atoms with Gasteiger partial charge >= 0.3 is 5.97 Å². The molecular weight excluding hydrogens is 395 g/mol. The van der Waals surface area contributed by atoms with Crippen molar-refractivity contribution in [3.05, 3.63) is 70.7 Å². The lowest BCUT2D eigenvalue weighted by molar-refractivity contribution is -0.146. The third kappa shape index (κ3) is 4.66. The van der Waals surface area contributed by atoms with Gasteiger partial charge in [0.1, 0.15) is 0 Å². The molecule has 5 nitrogen and oxygen atoms in total. The molecule has 2 aromatic carbocycles. The van der Waals surface area contributed by atoms with E-state index in [2.05, 4.69) is 0 Å². The van der Waals surface area contributed by atoms with Crippen molar-refractivity contribution in [3.63, 3.8) is 0 Å². The number of carboxylic acids is 1. The minimum Gasteiger partial charge on any atom is -0.481 e. The van der Waals surface area contributed by atoms with Gasteiger partial charge in [0.2, 0.25) is 0 Å². The van der Waals surface area contributed by atoms with Gasteiger partial charge in [0.25, 0.3) is 0 Å². The molecule has 0 saturated carbocycles. The van der Waals surface area contributed by atoms with E-state index in [1.807, 2.05) is 0 Å². The fourth-order valence-electron chi connectivity index (χ4n) is 3.86. The van der Waals surface area contributed by atoms with Gasteiger partial charge in [-0.1, -0.05) is 54.1 Å². The summed E-state index contributed by atoms with van der Waals surface area (Å²) in [6, 6.07) is 14.4. The lowest BCUT2D eigenvalue weighted by atomic mass is 9.72. The van der Waals surface area contributed by atoms with Gasteiger partial charge in [-0.15, -0.1) is 0 Å². The third-order valence-electron chi connectivity index (χ3n) is 5.70. The molecule has 1 saturated heterocycles. The van der Waals surface area contributed by atoms with Gasteiger partial charge in [0.05, 0.1) is 11.5 Å². The van der Waals surface area contributed by atoms with E-state index in [9.17, 15) is 19.1 Å². The lowest BCUT2D eigenvalue weighted by Gasteiger charge is -2.40. The predicted octanol–water partition coefficient (Wildman–Crippen LogP) is 3.65. The van der Waals surface area contributed by atoms with Gasteiger partial charge in [-0.05, 0) is 30.5 Å². The summed E-state index contributed by atoms with van der Waals surface area (Å²) in [5.74, 6) is -1.22. The number of ketones is 1. The maximum Gasteiger partial charge on any atom is 0.314 e. The van der Waals surface area contributed by atoms with Crippen molar-refractivity contribution in [3.8, 4) is 0 Å². The molecule has 7 heteroatoms. The number of alkyl halides is 1. The van der Waals surface area contributed by atoms with E-state index in [1.54, 1.807) is 59.5 Å². The molecule has 0 aliphatic carbocycles. The molecule has 0 bridgehead atoms. The van der Waals surface area contributed by atoms with Crippen LogP contribution in [0, 0.1) is 0 Å². The Bertz CT molecular complexity index is 852. The van der Waals surface area contributed by atoms with Crippen LogP contribution in [0.15, 0.2) is 54.6 Å². The van der Waals surface area contributed by atoms with Crippen LogP contribution < -0.4 is 5.73 Å². The first-order chi connectivity index (χ1) is 13.8. The summed E-state index contributed by atoms with van der Waals surface area (Å²) < 4.78 is 14.9. The standard InChI is InChI=1S/C22H24ClFN2O3/c23-17-8-6-16(7-9-17)22(21(28)29)10-12-26(13-11-22)19(24)14-18(25)20(27)15-4-2-1-3-5-15/h1-9,18-19H,10-14,25H2,(H,28,29). The number of likely N-dealkylation sites (tertiary alicyclic amines) is 1. The molecule has 1 heterocycles. The maximum atomic E-state index is 14.9. The van der Waals surface area contributed by atoms with Crippen molar-refractivity contribution in [2.24, 2.45) is 5.73 Å². The third-order valence-corrected chi connectivity index (χ3v) is 5.95. The van der Waals surface area contributed by atoms with Crippen molar-refractivity contribution in [2.75, 3.05) is 13.1 Å². The van der Waals surface area contributed by atoms with Gasteiger partial charge < -0.3 is 10.8 Å². The molecule has 3 N–H and O–H groups in total. The normalized spacial score (nSPS) is 18.7. The second kappa shape index (κ2) is 9.03. The number of carboxylic acid groups (broad SMARTS) is 1. The van der Waals surface area contributed by atoms with Gasteiger partial charge in [-0.25, -0.2) is 4.39 Å². The van der Waals surface area contributed by atoms with Crippen LogP contribution in [-0.4, -0.2) is 47.2 Å². The Morgan fingerprint density at radius 1 is 1.10 bits per heavy atom. The van der Waals surface area contributed by atoms with E-state index in [4.69, 9.17) is 17.3 Å². The Morgan fingerprint density at radius 3 is 2.24 bits per heavy atom. The smallest absolute Gasteiger partial charge is 0.314 e. The summed E-state index contributed by atoms with van der Waals surface area (Å²) in [6.45, 7) is 0.532. The van der Waals surface area contributed by atoms with Gasteiger partial charge in [0.15, 0.2) is 12.1 Å². The highest BCUT2D eigenvalue weighted by atomic mass is 35.5. The summed E-state index contributed by atoms with van der Waals surface area (Å²) in [4.78, 5) is 26.0. The zero-order valence-corrected chi connectivity index (χ0v) is 16.7. The highest BCUT2D eigenvalue weighted by molar-refractivity contribution is 6.30. The average Bonchev–Trinajstić information content (AvgIpc) is 2.74. The maximum absolute atomic E-state index is 14.9. The summed E-state index contributed by atoms with van der Waals surface area (Å²) in [7, 11) is 0. The van der Waals surface area contributed by atoms with Crippen LogP contribution in [0.3, 0.4) is 0 Å². The van der Waals surface area contributed by atoms with E-state index in [0.717, 1.165) is 0 Å². The molecule has 1 fully saturated rings. The van der Waals surface area contributed by atoms with Crippen LogP contribution in [0.1, 0.15) is 35.2 Å². The molecule has 1 aliphatic rings. The molecule has 2 unspecified atom stereocenters. The Morgan fingerprint density at radius 2 is 1.69 bits per heavy atom. The number of aliphatic carboxylic acids is 1. The van der Waals surface area contributed by atoms with E-state index in [0.29, 0.717) is 16.1 Å². The number of benzene rings is 2. The molecule has 29 heavy (non-hydrogen) atoms. The van der Waals surface area contributed by atoms with Crippen molar-refractivity contribution < 1.29 is 19.1 Å². The number of hydrogen-bond donors (Lipinski definition) is 2. The fraction of sp³-hybridized carbons (Fsp3) is 0.364. The number of nitrogens with two attached hydrogens (primary N) is 1. The number of halogens is 2. The quantitative estimate of drug-likeness (QED) is 0.529. The van der Waals surface area contributed by atoms with Gasteiger partial charge in [-0.3, -0.25) is 14.5 Å². The van der Waals surface area contributed by atoms with Crippen molar-refractivity contribution in [2.45, 2.75) is 37.0 Å². The van der Waals surface area contributed by atoms with Crippen molar-refractivity contribution >= 4 is 23.4 Å². The highest BCUT2D eigenvalue weighted by Crippen LogP contribution is 2.37. The van der Waals surface area contributed by atoms with Gasteiger partial charge in [0, 0.05) is 30.1 Å². The first-order valence-electron chi connectivity index (χ1n) is 9.56. The van der Waals surface area contributed by atoms with Crippen LogP contribution in [0.2, 0.25) is 5.02 Å². The number of carbonyl (C=O) groups excluding carboxylic acids is 1. The minimum absolute atomic E-state index is 0.130. The zero-order chi connectivity index (χ0) is 21.0. The molecule has 0 spiro atoms. The number of hydrogen-bond acceptors (Lipinski definition) is 4. The Balaban J connectivity index is 1.63. The molecule has 2 aromatic rings. The molecule has 0 aromatic heterocycles. The summed E-state index contributed by atoms with van der Waals surface area (Å²) >= 11 is 5.91. The number of Topliss-reactive ketones (excluding diaryl/α,β-unsaturated/α-hetero) is 1. The van der Waals surface area contributed by atoms with Crippen LogP contribution in [0.5, 0.6) is 0 Å². The van der Waals surface area contributed by atoms with E-state index < -0.39 is 23.7 Å². The van der Waals surface area contributed by atoms with Crippen LogP contribution in [-0.2, 0) is 10.2 Å². The topological polar surface area (TPSA) is 83.6 Å². The second-order valence-corrected chi connectivity index (χ2v) is 7.87.